The molecule has 136 valence electrons. The van der Waals surface area contributed by atoms with Gasteiger partial charge in [0.1, 0.15) is 0 Å². The molecule has 3 aromatic rings. The number of hydrogen-bond acceptors (Lipinski definition) is 3. The largest absolute Gasteiger partial charge is 0.412 e. The minimum Gasteiger partial charge on any atom is -0.412 e. The summed E-state index contributed by atoms with van der Waals surface area (Å²) >= 11 is 3.45. The molecule has 26 heavy (non-hydrogen) atoms. The molecule has 0 atom stereocenters. The molecule has 1 aromatic heterocycles. The van der Waals surface area contributed by atoms with Crippen molar-refractivity contribution >= 4 is 55.3 Å². The van der Waals surface area contributed by atoms with Crippen LogP contribution in [0, 0.1) is 17.0 Å². The number of carbonyl (C=O) groups is 1. The lowest BCUT2D eigenvalue weighted by Crippen LogP contribution is -2.38. The van der Waals surface area contributed by atoms with Gasteiger partial charge in [-0.15, -0.1) is 17.0 Å². The highest BCUT2D eigenvalue weighted by molar-refractivity contribution is 9.10. The molecular formula is C18H17Br2N2O4+. The van der Waals surface area contributed by atoms with Crippen LogP contribution in [0.15, 0.2) is 59.2 Å². The van der Waals surface area contributed by atoms with Crippen LogP contribution in [0.1, 0.15) is 15.9 Å². The molecule has 3 rings (SSSR count). The SMILES string of the molecule is Br.Cc1ccc(C(=O)C[n+]2cc(Br)cc3ccccc32)cc1[N+](=O)[O-].O. The summed E-state index contributed by atoms with van der Waals surface area (Å²) in [5.74, 6) is -0.175. The van der Waals surface area contributed by atoms with E-state index in [0.29, 0.717) is 11.1 Å². The summed E-state index contributed by atoms with van der Waals surface area (Å²) in [6.07, 6.45) is 1.84. The molecule has 6 nitrogen and oxygen atoms in total. The summed E-state index contributed by atoms with van der Waals surface area (Å²) in [7, 11) is 0. The molecule has 1 heterocycles. The first-order chi connectivity index (χ1) is 11.5. The Morgan fingerprint density at radius 1 is 1.19 bits per heavy atom. The van der Waals surface area contributed by atoms with Crippen molar-refractivity contribution in [3.05, 3.63) is 80.4 Å². The third kappa shape index (κ3) is 4.51. The van der Waals surface area contributed by atoms with Gasteiger partial charge in [-0.2, -0.15) is 4.57 Å². The number of halogens is 2. The maximum atomic E-state index is 12.6. The van der Waals surface area contributed by atoms with Crippen molar-refractivity contribution in [2.24, 2.45) is 0 Å². The smallest absolute Gasteiger partial charge is 0.273 e. The first-order valence-electron chi connectivity index (χ1n) is 7.31. The Hall–Kier alpha value is -2.16. The quantitative estimate of drug-likeness (QED) is 0.244. The second-order valence-electron chi connectivity index (χ2n) is 5.53. The van der Waals surface area contributed by atoms with E-state index < -0.39 is 4.92 Å². The van der Waals surface area contributed by atoms with Gasteiger partial charge in [-0.25, -0.2) is 0 Å². The molecule has 8 heteroatoms. The molecule has 0 aliphatic rings. The van der Waals surface area contributed by atoms with E-state index in [1.807, 2.05) is 41.1 Å². The number of hydrogen-bond donors (Lipinski definition) is 0. The van der Waals surface area contributed by atoms with Gasteiger partial charge in [0.15, 0.2) is 6.20 Å². The number of nitro benzene ring substituents is 1. The highest BCUT2D eigenvalue weighted by Crippen LogP contribution is 2.20. The van der Waals surface area contributed by atoms with Crippen molar-refractivity contribution in [3.63, 3.8) is 0 Å². The number of ketones is 1. The fraction of sp³-hybridized carbons (Fsp3) is 0.111. The maximum absolute atomic E-state index is 12.6. The number of aromatic nitrogens is 1. The second kappa shape index (κ2) is 8.98. The van der Waals surface area contributed by atoms with Gasteiger partial charge in [-0.1, -0.05) is 24.3 Å². The molecule has 0 amide bonds. The fourth-order valence-corrected chi connectivity index (χ4v) is 3.13. The maximum Gasteiger partial charge on any atom is 0.273 e. The number of pyridine rings is 1. The van der Waals surface area contributed by atoms with Crippen LogP contribution in [0.4, 0.5) is 5.69 Å². The summed E-state index contributed by atoms with van der Waals surface area (Å²) in [5, 5.41) is 12.1. The van der Waals surface area contributed by atoms with Crippen LogP contribution in [0.25, 0.3) is 10.9 Å². The number of para-hydroxylation sites is 1. The highest BCUT2D eigenvalue weighted by atomic mass is 79.9. The topological polar surface area (TPSA) is 95.6 Å². The van der Waals surface area contributed by atoms with Gasteiger partial charge in [-0.3, -0.25) is 14.9 Å². The van der Waals surface area contributed by atoms with E-state index in [1.165, 1.54) is 6.07 Å². The molecule has 0 radical (unpaired) electrons. The Morgan fingerprint density at radius 3 is 2.58 bits per heavy atom. The number of Topliss-reactive ketones (excluding diaryl/α,β-unsaturated/α-hetero) is 1. The first-order valence-corrected chi connectivity index (χ1v) is 8.11. The Kier molecular flexibility index (Phi) is 7.55. The fourth-order valence-electron chi connectivity index (χ4n) is 2.63. The molecule has 0 saturated carbocycles. The minimum absolute atomic E-state index is 0. The second-order valence-corrected chi connectivity index (χ2v) is 6.44. The molecule has 2 aromatic carbocycles. The molecule has 0 aliphatic heterocycles. The highest BCUT2D eigenvalue weighted by Gasteiger charge is 2.19. The molecule has 0 aliphatic carbocycles. The third-order valence-corrected chi connectivity index (χ3v) is 4.29. The van der Waals surface area contributed by atoms with E-state index in [9.17, 15) is 14.9 Å². The summed E-state index contributed by atoms with van der Waals surface area (Å²) in [5.41, 5.74) is 1.77. The van der Waals surface area contributed by atoms with Crippen LogP contribution >= 0.6 is 32.9 Å². The zero-order valence-corrected chi connectivity index (χ0v) is 17.1. The Bertz CT molecular complexity index is 977. The molecule has 0 unspecified atom stereocenters. The van der Waals surface area contributed by atoms with E-state index in [-0.39, 0.29) is 40.5 Å². The molecular weight excluding hydrogens is 468 g/mol. The van der Waals surface area contributed by atoms with E-state index in [2.05, 4.69) is 15.9 Å². The van der Waals surface area contributed by atoms with Crippen LogP contribution in [-0.2, 0) is 6.54 Å². The van der Waals surface area contributed by atoms with Crippen molar-refractivity contribution in [1.29, 1.82) is 0 Å². The lowest BCUT2D eigenvalue weighted by molar-refractivity contribution is -0.657. The summed E-state index contributed by atoms with van der Waals surface area (Å²) in [6, 6.07) is 14.3. The van der Waals surface area contributed by atoms with Gasteiger partial charge in [-0.05, 0) is 35.0 Å². The lowest BCUT2D eigenvalue weighted by Gasteiger charge is -2.04. The van der Waals surface area contributed by atoms with Crippen LogP contribution in [0.2, 0.25) is 0 Å². The number of benzene rings is 2. The van der Waals surface area contributed by atoms with Gasteiger partial charge in [0.2, 0.25) is 17.8 Å². The number of carbonyl (C=O) groups excluding carboxylic acids is 1. The molecule has 0 fully saturated rings. The van der Waals surface area contributed by atoms with Gasteiger partial charge in [0.25, 0.3) is 5.69 Å². The number of fused-ring (bicyclic) bond motifs is 1. The van der Waals surface area contributed by atoms with Crippen LogP contribution in [-0.4, -0.2) is 16.2 Å². The van der Waals surface area contributed by atoms with Gasteiger partial charge in [0.05, 0.1) is 9.40 Å². The van der Waals surface area contributed by atoms with Crippen LogP contribution in [0.3, 0.4) is 0 Å². The number of aryl methyl sites for hydroxylation is 1. The average molecular weight is 485 g/mol. The van der Waals surface area contributed by atoms with E-state index in [1.54, 1.807) is 19.1 Å². The molecule has 0 bridgehead atoms. The van der Waals surface area contributed by atoms with Gasteiger partial charge in [0, 0.05) is 28.6 Å². The molecule has 2 N–H and O–H groups in total. The minimum atomic E-state index is -0.465. The van der Waals surface area contributed by atoms with Crippen LogP contribution < -0.4 is 4.57 Å². The van der Waals surface area contributed by atoms with Crippen molar-refractivity contribution in [3.8, 4) is 0 Å². The van der Waals surface area contributed by atoms with Gasteiger partial charge >= 0.3 is 0 Å². The average Bonchev–Trinajstić information content (AvgIpc) is 2.54. The Labute approximate surface area is 168 Å². The summed E-state index contributed by atoms with van der Waals surface area (Å²) < 4.78 is 2.71. The Balaban J connectivity index is 0.00000169. The standard InChI is InChI=1S/C18H14BrN2O3.BrH.H2O/c1-12-6-7-14(9-17(12)21(23)24)18(22)11-20-10-15(19)8-13-4-2-3-5-16(13)20;;/h2-10H,11H2,1H3;1H;1H2/q+1;;. The van der Waals surface area contributed by atoms with Crippen molar-refractivity contribution in [1.82, 2.24) is 0 Å². The van der Waals surface area contributed by atoms with E-state index in [4.69, 9.17) is 0 Å². The number of nitrogens with zero attached hydrogens (tertiary/aromatic N) is 2. The van der Waals surface area contributed by atoms with Crippen molar-refractivity contribution in [2.45, 2.75) is 13.5 Å². The summed E-state index contributed by atoms with van der Waals surface area (Å²) in [4.78, 5) is 23.2. The van der Waals surface area contributed by atoms with E-state index >= 15 is 0 Å². The monoisotopic (exact) mass is 483 g/mol. The number of rotatable bonds is 4. The summed E-state index contributed by atoms with van der Waals surface area (Å²) in [6.45, 7) is 1.77. The predicted molar refractivity (Wildman–Crippen MR) is 108 cm³/mol. The molecule has 0 spiro atoms. The normalized spacial score (nSPS) is 9.92. The van der Waals surface area contributed by atoms with Crippen LogP contribution in [0.5, 0.6) is 0 Å². The number of nitro groups is 1. The third-order valence-electron chi connectivity index (χ3n) is 3.86. The predicted octanol–water partition coefficient (Wildman–Crippen LogP) is 3.74. The van der Waals surface area contributed by atoms with E-state index in [0.717, 1.165) is 15.4 Å². The van der Waals surface area contributed by atoms with Crippen molar-refractivity contribution < 1.29 is 19.8 Å². The lowest BCUT2D eigenvalue weighted by atomic mass is 10.1. The first kappa shape index (κ1) is 21.9. The molecule has 0 saturated heterocycles. The zero-order valence-electron chi connectivity index (χ0n) is 13.8. The van der Waals surface area contributed by atoms with Gasteiger partial charge < -0.3 is 5.48 Å². The van der Waals surface area contributed by atoms with Crippen molar-refractivity contribution in [2.75, 3.05) is 0 Å². The Morgan fingerprint density at radius 2 is 1.88 bits per heavy atom. The zero-order chi connectivity index (χ0) is 17.3.